The van der Waals surface area contributed by atoms with Gasteiger partial charge >= 0.3 is 6.09 Å². The number of carbonyl (C=O) groups excluding carboxylic acids is 2. The van der Waals surface area contributed by atoms with E-state index in [1.165, 1.54) is 16.4 Å². The summed E-state index contributed by atoms with van der Waals surface area (Å²) >= 11 is 1.41. The molecule has 2 N–H and O–H groups in total. The summed E-state index contributed by atoms with van der Waals surface area (Å²) in [6, 6.07) is 18.5. The molecular formula is C25H22N4O4S. The second-order valence-corrected chi connectivity index (χ2v) is 8.19. The van der Waals surface area contributed by atoms with E-state index in [2.05, 4.69) is 15.4 Å². The molecule has 172 valence electrons. The number of benzene rings is 2. The highest BCUT2D eigenvalue weighted by molar-refractivity contribution is 7.99. The summed E-state index contributed by atoms with van der Waals surface area (Å²) in [7, 11) is 1.59. The van der Waals surface area contributed by atoms with Gasteiger partial charge in [0.1, 0.15) is 6.61 Å². The number of ether oxygens (including phenoxy) is 1. The summed E-state index contributed by atoms with van der Waals surface area (Å²) in [4.78, 5) is 30.7. The largest absolute Gasteiger partial charge is 0.445 e. The van der Waals surface area contributed by atoms with Gasteiger partial charge in [0.25, 0.3) is 5.91 Å². The fourth-order valence-electron chi connectivity index (χ4n) is 3.28. The number of amides is 1. The second kappa shape index (κ2) is 10.8. The SMILES string of the molecule is CNC(=O)c1ccccc1Sc1ccc2c(/C=C/c3ccccn3)nn(C(=O)OCCO)c2c1. The lowest BCUT2D eigenvalue weighted by Gasteiger charge is -2.08. The fraction of sp³-hybridized carbons (Fsp3) is 0.120. The normalized spacial score (nSPS) is 11.1. The summed E-state index contributed by atoms with van der Waals surface area (Å²) in [5, 5.41) is 16.9. The highest BCUT2D eigenvalue weighted by Gasteiger charge is 2.17. The number of carbonyl (C=O) groups is 2. The molecule has 9 heteroatoms. The van der Waals surface area contributed by atoms with Crippen LogP contribution in [0.2, 0.25) is 0 Å². The van der Waals surface area contributed by atoms with E-state index in [-0.39, 0.29) is 19.1 Å². The Morgan fingerprint density at radius 3 is 2.71 bits per heavy atom. The maximum absolute atomic E-state index is 12.6. The van der Waals surface area contributed by atoms with Gasteiger partial charge in [-0.3, -0.25) is 9.78 Å². The molecule has 4 aromatic rings. The summed E-state index contributed by atoms with van der Waals surface area (Å²) in [6.45, 7) is -0.415. The van der Waals surface area contributed by atoms with Gasteiger partial charge < -0.3 is 15.2 Å². The topological polar surface area (TPSA) is 106 Å². The first-order valence-corrected chi connectivity index (χ1v) is 11.3. The molecule has 0 unspecified atom stereocenters. The van der Waals surface area contributed by atoms with Crippen LogP contribution in [0.3, 0.4) is 0 Å². The maximum Gasteiger partial charge on any atom is 0.435 e. The summed E-state index contributed by atoms with van der Waals surface area (Å²) in [5.74, 6) is -0.177. The molecule has 0 radical (unpaired) electrons. The number of aliphatic hydroxyl groups is 1. The number of pyridine rings is 1. The predicted octanol–water partition coefficient (Wildman–Crippen LogP) is 4.09. The Morgan fingerprint density at radius 2 is 1.94 bits per heavy atom. The molecule has 0 atom stereocenters. The van der Waals surface area contributed by atoms with Gasteiger partial charge in [-0.1, -0.05) is 30.0 Å². The van der Waals surface area contributed by atoms with E-state index in [1.54, 1.807) is 25.4 Å². The Morgan fingerprint density at radius 1 is 1.12 bits per heavy atom. The summed E-state index contributed by atoms with van der Waals surface area (Å²) in [5.41, 5.74) is 2.44. The maximum atomic E-state index is 12.6. The molecular weight excluding hydrogens is 452 g/mol. The molecule has 0 spiro atoms. The lowest BCUT2D eigenvalue weighted by atomic mass is 10.2. The molecule has 1 amide bonds. The lowest BCUT2D eigenvalue weighted by Crippen LogP contribution is -2.18. The number of hydrogen-bond acceptors (Lipinski definition) is 7. The number of rotatable bonds is 7. The highest BCUT2D eigenvalue weighted by Crippen LogP contribution is 2.33. The van der Waals surface area contributed by atoms with Gasteiger partial charge in [0, 0.05) is 28.4 Å². The molecule has 0 aliphatic rings. The van der Waals surface area contributed by atoms with E-state index < -0.39 is 6.09 Å². The number of aromatic nitrogens is 3. The third-order valence-corrected chi connectivity index (χ3v) is 5.92. The number of fused-ring (bicyclic) bond motifs is 1. The molecule has 0 saturated heterocycles. The Bertz CT molecular complexity index is 1350. The van der Waals surface area contributed by atoms with E-state index in [0.29, 0.717) is 16.8 Å². The van der Waals surface area contributed by atoms with E-state index in [4.69, 9.17) is 9.84 Å². The van der Waals surface area contributed by atoms with Crippen LogP contribution < -0.4 is 5.32 Å². The zero-order chi connectivity index (χ0) is 23.9. The first-order valence-electron chi connectivity index (χ1n) is 10.5. The van der Waals surface area contributed by atoms with Gasteiger partial charge in [-0.15, -0.1) is 0 Å². The van der Waals surface area contributed by atoms with Gasteiger partial charge in [0.05, 0.1) is 29.1 Å². The van der Waals surface area contributed by atoms with Gasteiger partial charge in [-0.05, 0) is 54.6 Å². The smallest absolute Gasteiger partial charge is 0.435 e. The van der Waals surface area contributed by atoms with Crippen LogP contribution in [0.25, 0.3) is 23.1 Å². The summed E-state index contributed by atoms with van der Waals surface area (Å²) < 4.78 is 6.28. The van der Waals surface area contributed by atoms with Crippen molar-refractivity contribution in [3.05, 3.63) is 83.8 Å². The number of nitrogens with zero attached hydrogens (tertiary/aromatic N) is 3. The molecule has 0 saturated carbocycles. The lowest BCUT2D eigenvalue weighted by molar-refractivity contribution is 0.0960. The fourth-order valence-corrected chi connectivity index (χ4v) is 4.26. The van der Waals surface area contributed by atoms with Crippen LogP contribution in [0.4, 0.5) is 4.79 Å². The number of hydrogen-bond donors (Lipinski definition) is 2. The average molecular weight is 475 g/mol. The van der Waals surface area contributed by atoms with Gasteiger partial charge in [0.15, 0.2) is 0 Å². The van der Waals surface area contributed by atoms with Crippen molar-refractivity contribution in [2.75, 3.05) is 20.3 Å². The zero-order valence-electron chi connectivity index (χ0n) is 18.3. The van der Waals surface area contributed by atoms with Crippen molar-refractivity contribution in [1.82, 2.24) is 20.1 Å². The van der Waals surface area contributed by atoms with Crippen LogP contribution in [0.1, 0.15) is 21.7 Å². The van der Waals surface area contributed by atoms with Crippen molar-refractivity contribution in [2.45, 2.75) is 9.79 Å². The predicted molar refractivity (Wildman–Crippen MR) is 131 cm³/mol. The Labute approximate surface area is 200 Å². The van der Waals surface area contributed by atoms with Gasteiger partial charge in [0.2, 0.25) is 0 Å². The number of nitrogens with one attached hydrogen (secondary N) is 1. The first-order chi connectivity index (χ1) is 16.6. The van der Waals surface area contributed by atoms with Crippen LogP contribution in [-0.2, 0) is 4.74 Å². The number of aliphatic hydroxyl groups excluding tert-OH is 1. The van der Waals surface area contributed by atoms with Crippen molar-refractivity contribution in [2.24, 2.45) is 0 Å². The third kappa shape index (κ3) is 5.16. The first kappa shape index (κ1) is 23.2. The quantitative estimate of drug-likeness (QED) is 0.415. The molecule has 2 aromatic heterocycles. The van der Waals surface area contributed by atoms with Gasteiger partial charge in [-0.2, -0.15) is 9.78 Å². The standard InChI is InChI=1S/C25H22N4O4S/c1-26-24(31)20-7-2-3-8-23(20)34-18-10-11-19-21(12-9-17-6-4-5-13-27-17)28-29(22(19)16-18)25(32)33-15-14-30/h2-13,16,30H,14-15H2,1H3,(H,26,31)/b12-9+. The Balaban J connectivity index is 1.74. The van der Waals surface area contributed by atoms with E-state index >= 15 is 0 Å². The minimum absolute atomic E-state index is 0.132. The minimum Gasteiger partial charge on any atom is -0.445 e. The average Bonchev–Trinajstić information content (AvgIpc) is 3.24. The van der Waals surface area contributed by atoms with Crippen LogP contribution in [0.15, 0.2) is 76.7 Å². The summed E-state index contributed by atoms with van der Waals surface area (Å²) in [6.07, 6.45) is 4.61. The van der Waals surface area contributed by atoms with E-state index in [9.17, 15) is 9.59 Å². The molecule has 4 rings (SSSR count). The van der Waals surface area contributed by atoms with Crippen LogP contribution in [-0.4, -0.2) is 52.1 Å². The molecule has 34 heavy (non-hydrogen) atoms. The second-order valence-electron chi connectivity index (χ2n) is 7.08. The molecule has 0 fully saturated rings. The Kier molecular flexibility index (Phi) is 7.36. The van der Waals surface area contributed by atoms with E-state index in [1.807, 2.05) is 60.7 Å². The Hall–Kier alpha value is -3.95. The van der Waals surface area contributed by atoms with Crippen LogP contribution >= 0.6 is 11.8 Å². The van der Waals surface area contributed by atoms with Crippen molar-refractivity contribution in [3.8, 4) is 0 Å². The van der Waals surface area contributed by atoms with Crippen molar-refractivity contribution >= 4 is 46.8 Å². The molecule has 0 bridgehead atoms. The third-order valence-electron chi connectivity index (χ3n) is 4.86. The van der Waals surface area contributed by atoms with Crippen molar-refractivity contribution < 1.29 is 19.4 Å². The van der Waals surface area contributed by atoms with Gasteiger partial charge in [-0.25, -0.2) is 4.79 Å². The molecule has 0 aliphatic heterocycles. The molecule has 2 heterocycles. The monoisotopic (exact) mass is 474 g/mol. The van der Waals surface area contributed by atoms with Crippen molar-refractivity contribution in [3.63, 3.8) is 0 Å². The molecule has 2 aromatic carbocycles. The van der Waals surface area contributed by atoms with E-state index in [0.717, 1.165) is 20.9 Å². The minimum atomic E-state index is -0.690. The van der Waals surface area contributed by atoms with Crippen LogP contribution in [0.5, 0.6) is 0 Å². The zero-order valence-corrected chi connectivity index (χ0v) is 19.2. The molecule has 0 aliphatic carbocycles. The molecule has 8 nitrogen and oxygen atoms in total. The van der Waals surface area contributed by atoms with Crippen molar-refractivity contribution in [1.29, 1.82) is 0 Å². The highest BCUT2D eigenvalue weighted by atomic mass is 32.2. The van der Waals surface area contributed by atoms with Crippen LogP contribution in [0, 0.1) is 0 Å².